The number of aryl methyl sites for hydroxylation is 1. The van der Waals surface area contributed by atoms with E-state index in [1.165, 1.54) is 10.6 Å². The number of hydrogen-bond donors (Lipinski definition) is 1. The Balaban J connectivity index is 1.45. The number of carbonyl (C=O) groups excluding carboxylic acids is 3. The molecule has 3 amide bonds. The predicted molar refractivity (Wildman–Crippen MR) is 103 cm³/mol. The molecule has 2 aliphatic rings. The second-order valence-corrected chi connectivity index (χ2v) is 6.64. The maximum absolute atomic E-state index is 12.8. The van der Waals surface area contributed by atoms with Gasteiger partial charge in [-0.3, -0.25) is 19.4 Å². The first-order valence-electron chi connectivity index (χ1n) is 9.07. The van der Waals surface area contributed by atoms with Gasteiger partial charge in [0.15, 0.2) is 12.1 Å². The Morgan fingerprint density at radius 2 is 1.75 bits per heavy atom. The summed E-state index contributed by atoms with van der Waals surface area (Å²) < 4.78 is 0. The van der Waals surface area contributed by atoms with E-state index in [1.807, 2.05) is 24.3 Å². The Kier molecular flexibility index (Phi) is 4.60. The van der Waals surface area contributed by atoms with Crippen molar-refractivity contribution in [3.05, 3.63) is 60.2 Å². The molecule has 1 saturated heterocycles. The van der Waals surface area contributed by atoms with Crippen LogP contribution in [-0.2, 0) is 20.8 Å². The van der Waals surface area contributed by atoms with Gasteiger partial charge in [0.25, 0.3) is 11.8 Å². The largest absolute Gasteiger partial charge is 0.324 e. The average molecular weight is 377 g/mol. The number of fused-ring (bicyclic) bond motifs is 1. The number of hydrogen-bond acceptors (Lipinski definition) is 6. The van der Waals surface area contributed by atoms with Crippen molar-refractivity contribution in [3.63, 3.8) is 0 Å². The van der Waals surface area contributed by atoms with E-state index in [2.05, 4.69) is 22.6 Å². The third kappa shape index (κ3) is 3.13. The standard InChI is InChI=1S/C20H19N5O3/c1-2-13-8-10-14(11-9-13)21-16(26)12-24-18-17(22-23-24)19(27)25(20(18)28)15-6-4-3-5-7-15/h3-11,17-18H,2,12H2,1H3,(H,21,26). The summed E-state index contributed by atoms with van der Waals surface area (Å²) >= 11 is 0. The minimum absolute atomic E-state index is 0.165. The summed E-state index contributed by atoms with van der Waals surface area (Å²) in [6.45, 7) is 1.89. The molecule has 0 radical (unpaired) electrons. The lowest BCUT2D eigenvalue weighted by Crippen LogP contribution is -2.43. The molecule has 28 heavy (non-hydrogen) atoms. The van der Waals surface area contributed by atoms with Gasteiger partial charge in [0.05, 0.1) is 5.69 Å². The number of nitrogens with zero attached hydrogens (tertiary/aromatic N) is 4. The number of para-hydroxylation sites is 1. The third-order valence-electron chi connectivity index (χ3n) is 4.82. The highest BCUT2D eigenvalue weighted by atomic mass is 16.2. The zero-order valence-corrected chi connectivity index (χ0v) is 15.3. The molecule has 2 heterocycles. The molecule has 2 aliphatic heterocycles. The van der Waals surface area contributed by atoms with E-state index in [9.17, 15) is 14.4 Å². The van der Waals surface area contributed by atoms with Gasteiger partial charge in [0.2, 0.25) is 5.91 Å². The molecule has 4 rings (SSSR count). The number of imide groups is 1. The summed E-state index contributed by atoms with van der Waals surface area (Å²) in [5.41, 5.74) is 2.32. The molecular weight excluding hydrogens is 358 g/mol. The second-order valence-electron chi connectivity index (χ2n) is 6.64. The summed E-state index contributed by atoms with van der Waals surface area (Å²) in [5, 5.41) is 11.9. The van der Waals surface area contributed by atoms with Crippen LogP contribution in [-0.4, -0.2) is 41.4 Å². The molecule has 2 aromatic carbocycles. The summed E-state index contributed by atoms with van der Waals surface area (Å²) in [5.74, 6) is -1.18. The highest BCUT2D eigenvalue weighted by molar-refractivity contribution is 6.25. The zero-order chi connectivity index (χ0) is 19.7. The van der Waals surface area contributed by atoms with Crippen LogP contribution in [0.25, 0.3) is 0 Å². The van der Waals surface area contributed by atoms with Crippen LogP contribution in [0, 0.1) is 0 Å². The first kappa shape index (κ1) is 17.8. The van der Waals surface area contributed by atoms with Crippen LogP contribution in [0.4, 0.5) is 11.4 Å². The Morgan fingerprint density at radius 1 is 1.04 bits per heavy atom. The summed E-state index contributed by atoms with van der Waals surface area (Å²) in [7, 11) is 0. The lowest BCUT2D eigenvalue weighted by atomic mass is 10.1. The molecule has 1 fully saturated rings. The first-order valence-corrected chi connectivity index (χ1v) is 9.07. The minimum atomic E-state index is -0.913. The molecule has 2 atom stereocenters. The molecule has 1 N–H and O–H groups in total. The third-order valence-corrected chi connectivity index (χ3v) is 4.82. The lowest BCUT2D eigenvalue weighted by Gasteiger charge is -2.20. The van der Waals surface area contributed by atoms with E-state index in [4.69, 9.17) is 0 Å². The van der Waals surface area contributed by atoms with Gasteiger partial charge >= 0.3 is 0 Å². The van der Waals surface area contributed by atoms with E-state index in [0.717, 1.165) is 11.3 Å². The van der Waals surface area contributed by atoms with Crippen molar-refractivity contribution >= 4 is 29.1 Å². The number of benzene rings is 2. The number of nitrogens with one attached hydrogen (secondary N) is 1. The summed E-state index contributed by atoms with van der Waals surface area (Å²) in [6.07, 6.45) is 0.916. The SMILES string of the molecule is CCc1ccc(NC(=O)CN2N=NC3C(=O)N(c4ccccc4)C(=O)C32)cc1. The van der Waals surface area contributed by atoms with Crippen molar-refractivity contribution in [1.29, 1.82) is 0 Å². The van der Waals surface area contributed by atoms with Gasteiger partial charge in [-0.05, 0) is 36.2 Å². The van der Waals surface area contributed by atoms with Crippen LogP contribution in [0.15, 0.2) is 64.9 Å². The number of amides is 3. The van der Waals surface area contributed by atoms with Crippen LogP contribution in [0.5, 0.6) is 0 Å². The maximum Gasteiger partial charge on any atom is 0.263 e. The number of anilines is 2. The minimum Gasteiger partial charge on any atom is -0.324 e. The van der Waals surface area contributed by atoms with Gasteiger partial charge in [-0.15, -0.1) is 0 Å². The molecular formula is C20H19N5O3. The molecule has 142 valence electrons. The molecule has 2 unspecified atom stereocenters. The molecule has 0 spiro atoms. The highest BCUT2D eigenvalue weighted by Gasteiger charge is 2.55. The molecule has 0 saturated carbocycles. The van der Waals surface area contributed by atoms with Crippen LogP contribution in [0.2, 0.25) is 0 Å². The normalized spacial score (nSPS) is 20.6. The fraction of sp³-hybridized carbons (Fsp3) is 0.250. The fourth-order valence-corrected chi connectivity index (χ4v) is 3.36. The molecule has 2 aromatic rings. The van der Waals surface area contributed by atoms with Crippen LogP contribution >= 0.6 is 0 Å². The molecule has 0 aromatic heterocycles. The molecule has 0 aliphatic carbocycles. The summed E-state index contributed by atoms with van der Waals surface area (Å²) in [4.78, 5) is 38.9. The van der Waals surface area contributed by atoms with Gasteiger partial charge in [-0.2, -0.15) is 5.11 Å². The zero-order valence-electron chi connectivity index (χ0n) is 15.3. The van der Waals surface area contributed by atoms with Crippen molar-refractivity contribution in [1.82, 2.24) is 5.01 Å². The van der Waals surface area contributed by atoms with Gasteiger partial charge in [0, 0.05) is 5.69 Å². The number of rotatable bonds is 5. The Hall–Kier alpha value is -3.55. The van der Waals surface area contributed by atoms with E-state index < -0.39 is 23.9 Å². The predicted octanol–water partition coefficient (Wildman–Crippen LogP) is 2.18. The monoisotopic (exact) mass is 377 g/mol. The van der Waals surface area contributed by atoms with Crippen LogP contribution in [0.3, 0.4) is 0 Å². The summed E-state index contributed by atoms with van der Waals surface area (Å²) in [6, 6.07) is 14.4. The smallest absolute Gasteiger partial charge is 0.263 e. The first-order chi connectivity index (χ1) is 13.6. The lowest BCUT2D eigenvalue weighted by molar-refractivity contribution is -0.123. The van der Waals surface area contributed by atoms with Crippen LogP contribution < -0.4 is 10.2 Å². The van der Waals surface area contributed by atoms with Crippen molar-refractivity contribution in [2.75, 3.05) is 16.8 Å². The average Bonchev–Trinajstić information content (AvgIpc) is 3.23. The molecule has 0 bridgehead atoms. The topological polar surface area (TPSA) is 94.4 Å². The van der Waals surface area contributed by atoms with Crippen molar-refractivity contribution < 1.29 is 14.4 Å². The van der Waals surface area contributed by atoms with Crippen molar-refractivity contribution in [2.45, 2.75) is 25.4 Å². The van der Waals surface area contributed by atoms with Gasteiger partial charge in [-0.1, -0.05) is 42.5 Å². The van der Waals surface area contributed by atoms with E-state index in [1.54, 1.807) is 30.3 Å². The number of carbonyl (C=O) groups is 3. The van der Waals surface area contributed by atoms with E-state index >= 15 is 0 Å². The van der Waals surface area contributed by atoms with Crippen molar-refractivity contribution in [2.24, 2.45) is 10.3 Å². The Morgan fingerprint density at radius 3 is 2.43 bits per heavy atom. The van der Waals surface area contributed by atoms with Crippen LogP contribution in [0.1, 0.15) is 12.5 Å². The van der Waals surface area contributed by atoms with Gasteiger partial charge < -0.3 is 5.32 Å². The van der Waals surface area contributed by atoms with E-state index in [-0.39, 0.29) is 12.5 Å². The van der Waals surface area contributed by atoms with Crippen molar-refractivity contribution in [3.8, 4) is 0 Å². The maximum atomic E-state index is 12.8. The highest BCUT2D eigenvalue weighted by Crippen LogP contribution is 2.31. The quantitative estimate of drug-likeness (QED) is 0.808. The fourth-order valence-electron chi connectivity index (χ4n) is 3.36. The Labute approximate surface area is 161 Å². The molecule has 8 nitrogen and oxygen atoms in total. The molecule has 8 heteroatoms. The van der Waals surface area contributed by atoms with Gasteiger partial charge in [-0.25, -0.2) is 4.90 Å². The van der Waals surface area contributed by atoms with Gasteiger partial charge in [0.1, 0.15) is 6.54 Å². The van der Waals surface area contributed by atoms with E-state index in [0.29, 0.717) is 11.4 Å². The Bertz CT molecular complexity index is 942. The second kappa shape index (κ2) is 7.22.